The van der Waals surface area contributed by atoms with E-state index in [1.54, 1.807) is 7.11 Å². The first-order valence-electron chi connectivity index (χ1n) is 6.35. The predicted octanol–water partition coefficient (Wildman–Crippen LogP) is -0.0180. The Hall–Kier alpha value is -1.14. The first-order chi connectivity index (χ1) is 8.63. The summed E-state index contributed by atoms with van der Waals surface area (Å²) < 4.78 is 4.86. The molecule has 3 N–H and O–H groups in total. The molecule has 104 valence electrons. The summed E-state index contributed by atoms with van der Waals surface area (Å²) in [6.07, 6.45) is 3.45. The van der Waals surface area contributed by atoms with Crippen molar-refractivity contribution in [2.75, 3.05) is 26.8 Å². The molecular formula is C12H22N2O4. The molecule has 1 saturated carbocycles. The molecule has 1 aliphatic carbocycles. The average Bonchev–Trinajstić information content (AvgIpc) is 3.12. The lowest BCUT2D eigenvalue weighted by Gasteiger charge is -2.14. The normalized spacial score (nSPS) is 16.3. The van der Waals surface area contributed by atoms with Crippen LogP contribution in [0.3, 0.4) is 0 Å². The molecule has 6 nitrogen and oxygen atoms in total. The third-order valence-corrected chi connectivity index (χ3v) is 2.89. The minimum absolute atomic E-state index is 0.185. The molecule has 0 saturated heterocycles. The third kappa shape index (κ3) is 6.56. The Morgan fingerprint density at radius 3 is 2.72 bits per heavy atom. The van der Waals surface area contributed by atoms with E-state index >= 15 is 0 Å². The fourth-order valence-corrected chi connectivity index (χ4v) is 1.65. The summed E-state index contributed by atoms with van der Waals surface area (Å²) in [5.41, 5.74) is 0. The van der Waals surface area contributed by atoms with Gasteiger partial charge in [0.1, 0.15) is 6.04 Å². The zero-order valence-electron chi connectivity index (χ0n) is 10.8. The number of rotatable bonds is 10. The van der Waals surface area contributed by atoms with Crippen molar-refractivity contribution in [3.8, 4) is 0 Å². The van der Waals surface area contributed by atoms with Crippen LogP contribution >= 0.6 is 0 Å². The number of hydrogen-bond acceptors (Lipinski definition) is 4. The van der Waals surface area contributed by atoms with E-state index in [2.05, 4.69) is 10.6 Å². The molecule has 0 aromatic carbocycles. The second-order valence-corrected chi connectivity index (χ2v) is 4.67. The van der Waals surface area contributed by atoms with E-state index in [0.717, 1.165) is 6.54 Å². The Morgan fingerprint density at radius 2 is 2.17 bits per heavy atom. The van der Waals surface area contributed by atoms with E-state index in [9.17, 15) is 9.59 Å². The van der Waals surface area contributed by atoms with Crippen molar-refractivity contribution in [2.24, 2.45) is 5.92 Å². The monoisotopic (exact) mass is 258 g/mol. The maximum atomic E-state index is 11.5. The number of hydrogen-bond donors (Lipinski definition) is 3. The van der Waals surface area contributed by atoms with Crippen LogP contribution in [-0.2, 0) is 14.3 Å². The van der Waals surface area contributed by atoms with E-state index in [0.29, 0.717) is 25.4 Å². The number of amides is 1. The summed E-state index contributed by atoms with van der Waals surface area (Å²) in [4.78, 5) is 22.5. The summed E-state index contributed by atoms with van der Waals surface area (Å²) in [5.74, 6) is -0.558. The molecule has 1 amide bonds. The Kier molecular flexibility index (Phi) is 6.67. The molecule has 0 bridgehead atoms. The van der Waals surface area contributed by atoms with Crippen molar-refractivity contribution in [3.63, 3.8) is 0 Å². The molecule has 1 aliphatic rings. The van der Waals surface area contributed by atoms with Gasteiger partial charge in [-0.25, -0.2) is 4.79 Å². The van der Waals surface area contributed by atoms with Crippen LogP contribution < -0.4 is 10.6 Å². The van der Waals surface area contributed by atoms with Crippen molar-refractivity contribution < 1.29 is 19.4 Å². The van der Waals surface area contributed by atoms with Crippen LogP contribution in [0.5, 0.6) is 0 Å². The number of carbonyl (C=O) groups is 2. The molecule has 0 aromatic rings. The Morgan fingerprint density at radius 1 is 1.44 bits per heavy atom. The highest BCUT2D eigenvalue weighted by Crippen LogP contribution is 2.27. The SMILES string of the molecule is COCCCC(NC(=O)CNCC1CC1)C(=O)O. The van der Waals surface area contributed by atoms with Crippen LogP contribution in [0.15, 0.2) is 0 Å². The lowest BCUT2D eigenvalue weighted by molar-refractivity contribution is -0.142. The van der Waals surface area contributed by atoms with Gasteiger partial charge in [0.15, 0.2) is 0 Å². The van der Waals surface area contributed by atoms with E-state index in [1.807, 2.05) is 0 Å². The van der Waals surface area contributed by atoms with Gasteiger partial charge in [-0.2, -0.15) is 0 Å². The minimum Gasteiger partial charge on any atom is -0.480 e. The van der Waals surface area contributed by atoms with Gasteiger partial charge in [0.2, 0.25) is 5.91 Å². The lowest BCUT2D eigenvalue weighted by Crippen LogP contribution is -2.44. The van der Waals surface area contributed by atoms with Gasteiger partial charge >= 0.3 is 5.97 Å². The molecule has 1 fully saturated rings. The van der Waals surface area contributed by atoms with E-state index < -0.39 is 12.0 Å². The molecule has 0 aliphatic heterocycles. The first-order valence-corrected chi connectivity index (χ1v) is 6.35. The average molecular weight is 258 g/mol. The molecule has 6 heteroatoms. The van der Waals surface area contributed by atoms with Crippen LogP contribution in [0.2, 0.25) is 0 Å². The van der Waals surface area contributed by atoms with Gasteiger partial charge < -0.3 is 20.5 Å². The van der Waals surface area contributed by atoms with Gasteiger partial charge in [-0.1, -0.05) is 0 Å². The van der Waals surface area contributed by atoms with Gasteiger partial charge in [-0.05, 0) is 38.1 Å². The van der Waals surface area contributed by atoms with Crippen LogP contribution in [0.4, 0.5) is 0 Å². The Bertz CT molecular complexity index is 279. The third-order valence-electron chi connectivity index (χ3n) is 2.89. The van der Waals surface area contributed by atoms with Crippen molar-refractivity contribution in [2.45, 2.75) is 31.7 Å². The van der Waals surface area contributed by atoms with Gasteiger partial charge in [0, 0.05) is 13.7 Å². The van der Waals surface area contributed by atoms with Gasteiger partial charge in [-0.3, -0.25) is 4.79 Å². The molecule has 1 atom stereocenters. The number of methoxy groups -OCH3 is 1. The first kappa shape index (κ1) is 14.9. The van der Waals surface area contributed by atoms with Crippen molar-refractivity contribution >= 4 is 11.9 Å². The van der Waals surface area contributed by atoms with E-state index in [1.165, 1.54) is 12.8 Å². The summed E-state index contributed by atoms with van der Waals surface area (Å²) in [6.45, 7) is 1.53. The van der Waals surface area contributed by atoms with Crippen LogP contribution in [0, 0.1) is 5.92 Å². The zero-order chi connectivity index (χ0) is 13.4. The summed E-state index contributed by atoms with van der Waals surface area (Å²) in [5, 5.41) is 14.5. The second kappa shape index (κ2) is 8.05. The summed E-state index contributed by atoms with van der Waals surface area (Å²) >= 11 is 0. The van der Waals surface area contributed by atoms with Gasteiger partial charge in [-0.15, -0.1) is 0 Å². The topological polar surface area (TPSA) is 87.7 Å². The smallest absolute Gasteiger partial charge is 0.326 e. The lowest BCUT2D eigenvalue weighted by atomic mass is 10.1. The molecule has 1 rings (SSSR count). The zero-order valence-corrected chi connectivity index (χ0v) is 10.8. The van der Waals surface area contributed by atoms with E-state index in [4.69, 9.17) is 9.84 Å². The molecule has 0 heterocycles. The molecule has 0 radical (unpaired) electrons. The highest BCUT2D eigenvalue weighted by molar-refractivity contribution is 5.84. The second-order valence-electron chi connectivity index (χ2n) is 4.67. The highest BCUT2D eigenvalue weighted by Gasteiger charge is 2.22. The number of nitrogens with one attached hydrogen (secondary N) is 2. The van der Waals surface area contributed by atoms with Crippen molar-refractivity contribution in [1.82, 2.24) is 10.6 Å². The Labute approximate surface area is 107 Å². The van der Waals surface area contributed by atoms with Crippen molar-refractivity contribution in [3.05, 3.63) is 0 Å². The Balaban J connectivity index is 2.16. The molecule has 1 unspecified atom stereocenters. The molecular weight excluding hydrogens is 236 g/mol. The largest absolute Gasteiger partial charge is 0.480 e. The van der Waals surface area contributed by atoms with Crippen molar-refractivity contribution in [1.29, 1.82) is 0 Å². The quantitative estimate of drug-likeness (QED) is 0.479. The van der Waals surface area contributed by atoms with Crippen LogP contribution in [-0.4, -0.2) is 49.8 Å². The predicted molar refractivity (Wildman–Crippen MR) is 66.3 cm³/mol. The van der Waals surface area contributed by atoms with Crippen LogP contribution in [0.1, 0.15) is 25.7 Å². The maximum absolute atomic E-state index is 11.5. The number of carbonyl (C=O) groups excluding carboxylic acids is 1. The highest BCUT2D eigenvalue weighted by atomic mass is 16.5. The van der Waals surface area contributed by atoms with Crippen LogP contribution in [0.25, 0.3) is 0 Å². The van der Waals surface area contributed by atoms with Gasteiger partial charge in [0.05, 0.1) is 6.54 Å². The minimum atomic E-state index is -0.998. The molecule has 0 spiro atoms. The maximum Gasteiger partial charge on any atom is 0.326 e. The molecule has 0 aromatic heterocycles. The van der Waals surface area contributed by atoms with Gasteiger partial charge in [0.25, 0.3) is 0 Å². The number of ether oxygens (including phenoxy) is 1. The standard InChI is InChI=1S/C12H22N2O4/c1-18-6-2-3-10(12(16)17)14-11(15)8-13-7-9-4-5-9/h9-10,13H,2-8H2,1H3,(H,14,15)(H,16,17). The molecule has 18 heavy (non-hydrogen) atoms. The summed E-state index contributed by atoms with van der Waals surface area (Å²) in [7, 11) is 1.57. The summed E-state index contributed by atoms with van der Waals surface area (Å²) in [6, 6.07) is -0.824. The van der Waals surface area contributed by atoms with E-state index in [-0.39, 0.29) is 12.5 Å². The number of carboxylic acid groups (broad SMARTS) is 1. The fourth-order valence-electron chi connectivity index (χ4n) is 1.65. The number of aliphatic carboxylic acids is 1. The fraction of sp³-hybridized carbons (Fsp3) is 0.833. The number of carboxylic acids is 1.